The van der Waals surface area contributed by atoms with Crippen LogP contribution in [0.5, 0.6) is 0 Å². The quantitative estimate of drug-likeness (QED) is 0.788. The van der Waals surface area contributed by atoms with Crippen molar-refractivity contribution < 1.29 is 14.7 Å². The molecule has 0 unspecified atom stereocenters. The summed E-state index contributed by atoms with van der Waals surface area (Å²) in [6.07, 6.45) is 2.16. The first-order valence-corrected chi connectivity index (χ1v) is 7.97. The Labute approximate surface area is 126 Å². The van der Waals surface area contributed by atoms with Crippen LogP contribution >= 0.6 is 0 Å². The molecule has 2 fully saturated rings. The molecule has 2 atom stereocenters. The molecular weight excluding hydrogens is 270 g/mol. The third kappa shape index (κ3) is 4.17. The van der Waals surface area contributed by atoms with E-state index in [1.807, 2.05) is 11.8 Å². The summed E-state index contributed by atoms with van der Waals surface area (Å²) in [7, 11) is 0. The van der Waals surface area contributed by atoms with Crippen molar-refractivity contribution in [3.05, 3.63) is 0 Å². The summed E-state index contributed by atoms with van der Waals surface area (Å²) in [6.45, 7) is 7.91. The Kier molecular flexibility index (Phi) is 5.58. The lowest BCUT2D eigenvalue weighted by Gasteiger charge is -2.39. The summed E-state index contributed by atoms with van der Waals surface area (Å²) >= 11 is 0. The van der Waals surface area contributed by atoms with Gasteiger partial charge in [-0.1, -0.05) is 0 Å². The topological polar surface area (TPSA) is 64.1 Å². The molecule has 0 aromatic rings. The molecule has 2 rings (SSSR count). The molecule has 1 N–H and O–H groups in total. The van der Waals surface area contributed by atoms with Crippen LogP contribution in [0.4, 0.5) is 0 Å². The van der Waals surface area contributed by atoms with E-state index in [0.717, 1.165) is 25.9 Å². The lowest BCUT2D eigenvalue weighted by molar-refractivity contribution is -0.147. The SMILES string of the molecule is C[C@@H](O)CN1CCN(C(=O)[C@H](C)N2CCCCC2=O)CC1. The molecule has 0 bridgehead atoms. The molecule has 0 aliphatic carbocycles. The van der Waals surface area contributed by atoms with E-state index < -0.39 is 0 Å². The second-order valence-corrected chi connectivity index (χ2v) is 6.20. The minimum atomic E-state index is -0.346. The third-order valence-corrected chi connectivity index (χ3v) is 4.39. The van der Waals surface area contributed by atoms with Crippen LogP contribution in [-0.4, -0.2) is 83.0 Å². The molecule has 6 heteroatoms. The summed E-state index contributed by atoms with van der Waals surface area (Å²) in [5.74, 6) is 0.164. The predicted octanol–water partition coefficient (Wildman–Crippen LogP) is -0.0876. The van der Waals surface area contributed by atoms with Crippen LogP contribution in [0.2, 0.25) is 0 Å². The van der Waals surface area contributed by atoms with Gasteiger partial charge < -0.3 is 14.9 Å². The molecule has 2 amide bonds. The number of piperidine rings is 1. The molecule has 0 aromatic carbocycles. The largest absolute Gasteiger partial charge is 0.392 e. The van der Waals surface area contributed by atoms with Gasteiger partial charge in [0.25, 0.3) is 0 Å². The number of carbonyl (C=O) groups is 2. The number of nitrogens with zero attached hydrogens (tertiary/aromatic N) is 3. The Hall–Kier alpha value is -1.14. The van der Waals surface area contributed by atoms with Gasteiger partial charge in [0.15, 0.2) is 0 Å². The molecule has 6 nitrogen and oxygen atoms in total. The minimum absolute atomic E-state index is 0.0574. The van der Waals surface area contributed by atoms with Crippen LogP contribution < -0.4 is 0 Å². The highest BCUT2D eigenvalue weighted by molar-refractivity contribution is 5.87. The molecule has 0 radical (unpaired) electrons. The number of hydrogen-bond acceptors (Lipinski definition) is 4. The van der Waals surface area contributed by atoms with Gasteiger partial charge in [-0.3, -0.25) is 14.5 Å². The van der Waals surface area contributed by atoms with Crippen molar-refractivity contribution in [3.8, 4) is 0 Å². The molecule has 2 aliphatic heterocycles. The van der Waals surface area contributed by atoms with Gasteiger partial charge in [-0.15, -0.1) is 0 Å². The number of piperazine rings is 1. The maximum Gasteiger partial charge on any atom is 0.245 e. The Morgan fingerprint density at radius 1 is 1.14 bits per heavy atom. The Bertz CT molecular complexity index is 378. The van der Waals surface area contributed by atoms with Crippen LogP contribution in [0.1, 0.15) is 33.1 Å². The number of hydrogen-bond donors (Lipinski definition) is 1. The fraction of sp³-hybridized carbons (Fsp3) is 0.867. The van der Waals surface area contributed by atoms with Crippen LogP contribution in [-0.2, 0) is 9.59 Å². The van der Waals surface area contributed by atoms with Crippen molar-refractivity contribution in [1.82, 2.24) is 14.7 Å². The highest BCUT2D eigenvalue weighted by Gasteiger charge is 2.32. The van der Waals surface area contributed by atoms with Gasteiger partial charge in [-0.2, -0.15) is 0 Å². The van der Waals surface area contributed by atoms with E-state index in [-0.39, 0.29) is 24.0 Å². The highest BCUT2D eigenvalue weighted by atomic mass is 16.3. The van der Waals surface area contributed by atoms with E-state index in [2.05, 4.69) is 4.90 Å². The van der Waals surface area contributed by atoms with Gasteiger partial charge in [0.05, 0.1) is 6.10 Å². The van der Waals surface area contributed by atoms with E-state index in [1.54, 1.807) is 11.8 Å². The Balaban J connectivity index is 1.85. The van der Waals surface area contributed by atoms with Crippen molar-refractivity contribution in [2.45, 2.75) is 45.3 Å². The van der Waals surface area contributed by atoms with Crippen LogP contribution in [0, 0.1) is 0 Å². The first-order chi connectivity index (χ1) is 9.99. The molecule has 2 saturated heterocycles. The monoisotopic (exact) mass is 297 g/mol. The number of amides is 2. The zero-order chi connectivity index (χ0) is 15.4. The first-order valence-electron chi connectivity index (χ1n) is 7.97. The molecule has 120 valence electrons. The molecule has 2 aliphatic rings. The Morgan fingerprint density at radius 3 is 2.38 bits per heavy atom. The zero-order valence-electron chi connectivity index (χ0n) is 13.1. The van der Waals surface area contributed by atoms with Crippen molar-refractivity contribution in [2.24, 2.45) is 0 Å². The van der Waals surface area contributed by atoms with Crippen molar-refractivity contribution in [3.63, 3.8) is 0 Å². The number of β-amino-alcohol motifs (C(OH)–C–C–N with tert-alkyl or cyclic N) is 1. The summed E-state index contributed by atoms with van der Waals surface area (Å²) in [4.78, 5) is 30.2. The maximum atomic E-state index is 12.5. The van der Waals surface area contributed by atoms with Gasteiger partial charge in [-0.05, 0) is 26.7 Å². The molecular formula is C15H27N3O3. The standard InChI is InChI=1S/C15H27N3O3/c1-12(19)11-16-7-9-17(10-8-16)15(21)13(2)18-6-4-3-5-14(18)20/h12-13,19H,3-11H2,1-2H3/t12-,13+/m1/s1. The minimum Gasteiger partial charge on any atom is -0.392 e. The highest BCUT2D eigenvalue weighted by Crippen LogP contribution is 2.16. The zero-order valence-corrected chi connectivity index (χ0v) is 13.1. The van der Waals surface area contributed by atoms with Crippen LogP contribution in [0.15, 0.2) is 0 Å². The van der Waals surface area contributed by atoms with Crippen LogP contribution in [0.3, 0.4) is 0 Å². The number of carbonyl (C=O) groups excluding carboxylic acids is 2. The van der Waals surface area contributed by atoms with E-state index in [4.69, 9.17) is 0 Å². The van der Waals surface area contributed by atoms with Crippen molar-refractivity contribution in [1.29, 1.82) is 0 Å². The Morgan fingerprint density at radius 2 is 1.81 bits per heavy atom. The van der Waals surface area contributed by atoms with E-state index >= 15 is 0 Å². The molecule has 2 heterocycles. The molecule has 0 aromatic heterocycles. The first kappa shape index (κ1) is 16.2. The van der Waals surface area contributed by atoms with Gasteiger partial charge in [0.2, 0.25) is 11.8 Å². The van der Waals surface area contributed by atoms with Gasteiger partial charge >= 0.3 is 0 Å². The summed E-state index contributed by atoms with van der Waals surface area (Å²) in [5.41, 5.74) is 0. The molecule has 0 saturated carbocycles. The lowest BCUT2D eigenvalue weighted by atomic mass is 10.1. The fourth-order valence-electron chi connectivity index (χ4n) is 3.16. The smallest absolute Gasteiger partial charge is 0.245 e. The summed E-state index contributed by atoms with van der Waals surface area (Å²) < 4.78 is 0. The number of aliphatic hydroxyl groups is 1. The third-order valence-electron chi connectivity index (χ3n) is 4.39. The predicted molar refractivity (Wildman–Crippen MR) is 79.7 cm³/mol. The average molecular weight is 297 g/mol. The van der Waals surface area contributed by atoms with Crippen molar-refractivity contribution in [2.75, 3.05) is 39.3 Å². The average Bonchev–Trinajstić information content (AvgIpc) is 2.46. The second kappa shape index (κ2) is 7.22. The molecule has 21 heavy (non-hydrogen) atoms. The van der Waals surface area contributed by atoms with E-state index in [1.165, 1.54) is 0 Å². The fourth-order valence-corrected chi connectivity index (χ4v) is 3.16. The van der Waals surface area contributed by atoms with E-state index in [9.17, 15) is 14.7 Å². The molecule has 0 spiro atoms. The van der Waals surface area contributed by atoms with E-state index in [0.29, 0.717) is 32.6 Å². The summed E-state index contributed by atoms with van der Waals surface area (Å²) in [6, 6.07) is -0.346. The maximum absolute atomic E-state index is 12.5. The number of aliphatic hydroxyl groups excluding tert-OH is 1. The number of likely N-dealkylation sites (tertiary alicyclic amines) is 1. The van der Waals surface area contributed by atoms with Gasteiger partial charge in [0.1, 0.15) is 6.04 Å². The van der Waals surface area contributed by atoms with Crippen LogP contribution in [0.25, 0.3) is 0 Å². The lowest BCUT2D eigenvalue weighted by Crippen LogP contribution is -2.56. The number of rotatable bonds is 4. The summed E-state index contributed by atoms with van der Waals surface area (Å²) in [5, 5.41) is 9.40. The second-order valence-electron chi connectivity index (χ2n) is 6.20. The van der Waals surface area contributed by atoms with Gasteiger partial charge in [-0.25, -0.2) is 0 Å². The normalized spacial score (nSPS) is 24.0. The van der Waals surface area contributed by atoms with Gasteiger partial charge in [0, 0.05) is 45.7 Å². The van der Waals surface area contributed by atoms with Crippen molar-refractivity contribution >= 4 is 11.8 Å².